The summed E-state index contributed by atoms with van der Waals surface area (Å²) < 4.78 is 33.3. The Kier molecular flexibility index (Phi) is 9.46. The number of aliphatic carboxylic acids is 1. The zero-order valence-corrected chi connectivity index (χ0v) is 24.4. The first kappa shape index (κ1) is 31.2. The predicted octanol–water partition coefficient (Wildman–Crippen LogP) is 1.93. The standard InChI is InChI=1S/C30H32N4O8S/c1-20(35)26(16-21-6-4-3-5-7-21)29(37)34(31)27(30(38)39)17-22-8-12-24(13-9-22)32-19-28(36)33(43(32,40)41)18-23-10-14-25(42-2)15-11-23/h3-15,26-27H,16-19,31H2,1-2H3,(H,38,39)/t26-,27-/m0/s1. The molecular weight excluding hydrogens is 576 g/mol. The number of benzene rings is 3. The number of rotatable bonds is 12. The van der Waals surface area contributed by atoms with Gasteiger partial charge >= 0.3 is 16.2 Å². The van der Waals surface area contributed by atoms with Crippen molar-refractivity contribution in [3.8, 4) is 5.75 Å². The smallest absolute Gasteiger partial charge is 0.329 e. The number of carbonyl (C=O) groups excluding carboxylic acids is 3. The zero-order valence-electron chi connectivity index (χ0n) is 23.6. The van der Waals surface area contributed by atoms with Gasteiger partial charge in [-0.15, -0.1) is 0 Å². The Hall–Kier alpha value is -4.75. The number of methoxy groups -OCH3 is 1. The molecular formula is C30H32N4O8S. The molecule has 13 heteroatoms. The van der Waals surface area contributed by atoms with E-state index in [1.165, 1.54) is 38.3 Å². The van der Waals surface area contributed by atoms with Crippen molar-refractivity contribution in [3.63, 3.8) is 0 Å². The molecule has 2 atom stereocenters. The number of Topliss-reactive ketones (excluding diaryl/α,β-unsaturated/α-hetero) is 1. The third-order valence-electron chi connectivity index (χ3n) is 7.20. The normalized spacial score (nSPS) is 15.6. The molecule has 0 bridgehead atoms. The van der Waals surface area contributed by atoms with Gasteiger partial charge in [0.25, 0.3) is 5.91 Å². The maximum Gasteiger partial charge on any atom is 0.329 e. The molecule has 3 aromatic carbocycles. The first-order valence-corrected chi connectivity index (χ1v) is 14.7. The highest BCUT2D eigenvalue weighted by molar-refractivity contribution is 7.91. The topological polar surface area (TPSA) is 168 Å². The summed E-state index contributed by atoms with van der Waals surface area (Å²) in [6.07, 6.45) is -0.134. The second kappa shape index (κ2) is 13.0. The summed E-state index contributed by atoms with van der Waals surface area (Å²) in [5.74, 6) is 2.20. The molecule has 3 N–H and O–H groups in total. The first-order chi connectivity index (χ1) is 20.4. The van der Waals surface area contributed by atoms with Crippen molar-refractivity contribution in [3.05, 3.63) is 95.6 Å². The molecule has 0 aromatic heterocycles. The average molecular weight is 609 g/mol. The molecule has 3 aromatic rings. The number of carboxylic acids is 1. The van der Waals surface area contributed by atoms with E-state index >= 15 is 0 Å². The van der Waals surface area contributed by atoms with E-state index in [0.717, 1.165) is 14.2 Å². The van der Waals surface area contributed by atoms with Crippen molar-refractivity contribution in [2.45, 2.75) is 32.4 Å². The Morgan fingerprint density at radius 3 is 2.07 bits per heavy atom. The summed E-state index contributed by atoms with van der Waals surface area (Å²) in [6, 6.07) is 19.9. The minimum Gasteiger partial charge on any atom is -0.497 e. The molecule has 2 amide bonds. The highest BCUT2D eigenvalue weighted by Crippen LogP contribution is 2.28. The SMILES string of the molecule is COc1ccc(CN2C(=O)CN(c3ccc(C[C@@H](C(=O)O)N(N)C(=O)[C@@H](Cc4ccccc4)C(C)=O)cc3)S2(=O)=O)cc1. The fraction of sp³-hybridized carbons (Fsp3) is 0.267. The second-order valence-electron chi connectivity index (χ2n) is 10.1. The monoisotopic (exact) mass is 608 g/mol. The molecule has 0 radical (unpaired) electrons. The summed E-state index contributed by atoms with van der Waals surface area (Å²) in [6.45, 7) is 0.712. The second-order valence-corrected chi connectivity index (χ2v) is 11.9. The van der Waals surface area contributed by atoms with Crippen LogP contribution in [0.1, 0.15) is 23.6 Å². The number of carbonyl (C=O) groups is 4. The number of carboxylic acid groups (broad SMARTS) is 1. The van der Waals surface area contributed by atoms with Gasteiger partial charge in [-0.25, -0.2) is 19.2 Å². The number of anilines is 1. The fourth-order valence-corrected chi connectivity index (χ4v) is 6.26. The van der Waals surface area contributed by atoms with Crippen LogP contribution in [0.4, 0.5) is 5.69 Å². The lowest BCUT2D eigenvalue weighted by Crippen LogP contribution is -2.54. The molecule has 0 aliphatic carbocycles. The van der Waals surface area contributed by atoms with Gasteiger partial charge in [-0.1, -0.05) is 54.6 Å². The van der Waals surface area contributed by atoms with Gasteiger partial charge in [-0.3, -0.25) is 19.4 Å². The van der Waals surface area contributed by atoms with Gasteiger partial charge < -0.3 is 9.84 Å². The van der Waals surface area contributed by atoms with Crippen molar-refractivity contribution in [2.75, 3.05) is 18.0 Å². The number of ketones is 1. The molecule has 226 valence electrons. The Bertz CT molecular complexity index is 1600. The van der Waals surface area contributed by atoms with Gasteiger partial charge in [0.05, 0.1) is 19.3 Å². The number of hydrogen-bond donors (Lipinski definition) is 2. The van der Waals surface area contributed by atoms with Crippen molar-refractivity contribution >= 4 is 39.5 Å². The highest BCUT2D eigenvalue weighted by atomic mass is 32.2. The van der Waals surface area contributed by atoms with Gasteiger partial charge in [-0.05, 0) is 54.3 Å². The molecule has 0 saturated carbocycles. The van der Waals surface area contributed by atoms with E-state index in [4.69, 9.17) is 10.6 Å². The van der Waals surface area contributed by atoms with Crippen LogP contribution in [0.15, 0.2) is 78.9 Å². The van der Waals surface area contributed by atoms with Gasteiger partial charge in [0.1, 0.15) is 30.0 Å². The Morgan fingerprint density at radius 2 is 1.51 bits per heavy atom. The molecule has 12 nitrogen and oxygen atoms in total. The van der Waals surface area contributed by atoms with Gasteiger partial charge in [0, 0.05) is 6.42 Å². The average Bonchev–Trinajstić information content (AvgIpc) is 3.22. The van der Waals surface area contributed by atoms with Crippen LogP contribution in [0, 0.1) is 5.92 Å². The maximum absolute atomic E-state index is 13.2. The Labute approximate surface area is 249 Å². The lowest BCUT2D eigenvalue weighted by atomic mass is 9.94. The summed E-state index contributed by atoms with van der Waals surface area (Å²) in [5.41, 5.74) is 1.98. The van der Waals surface area contributed by atoms with Crippen LogP contribution < -0.4 is 14.9 Å². The van der Waals surface area contributed by atoms with Crippen LogP contribution >= 0.6 is 0 Å². The summed E-state index contributed by atoms with van der Waals surface area (Å²) in [5, 5.41) is 10.4. The molecule has 1 saturated heterocycles. The van der Waals surface area contributed by atoms with Crippen molar-refractivity contribution < 1.29 is 37.4 Å². The third kappa shape index (κ3) is 7.01. The molecule has 1 aliphatic rings. The molecule has 1 heterocycles. The molecule has 4 rings (SSSR count). The highest BCUT2D eigenvalue weighted by Gasteiger charge is 2.42. The summed E-state index contributed by atoms with van der Waals surface area (Å²) >= 11 is 0. The summed E-state index contributed by atoms with van der Waals surface area (Å²) in [4.78, 5) is 50.3. The number of hydrogen-bond acceptors (Lipinski definition) is 8. The number of nitrogens with zero attached hydrogens (tertiary/aromatic N) is 3. The zero-order chi connectivity index (χ0) is 31.3. The van der Waals surface area contributed by atoms with E-state index < -0.39 is 52.3 Å². The molecule has 0 unspecified atom stereocenters. The van der Waals surface area contributed by atoms with Gasteiger partial charge in [-0.2, -0.15) is 8.42 Å². The molecule has 1 aliphatic heterocycles. The number of hydrazine groups is 1. The number of ether oxygens (including phenoxy) is 1. The van der Waals surface area contributed by atoms with E-state index in [0.29, 0.717) is 21.9 Å². The number of amides is 2. The fourth-order valence-electron chi connectivity index (χ4n) is 4.74. The Morgan fingerprint density at radius 1 is 0.930 bits per heavy atom. The minimum atomic E-state index is -4.17. The van der Waals surface area contributed by atoms with Gasteiger partial charge in [0.15, 0.2) is 0 Å². The van der Waals surface area contributed by atoms with E-state index in [1.807, 2.05) is 0 Å². The quantitative estimate of drug-likeness (QED) is 0.135. The van der Waals surface area contributed by atoms with Crippen LogP contribution in [0.5, 0.6) is 5.75 Å². The van der Waals surface area contributed by atoms with E-state index in [1.54, 1.807) is 54.6 Å². The van der Waals surface area contributed by atoms with Crippen LogP contribution in [0.3, 0.4) is 0 Å². The largest absolute Gasteiger partial charge is 0.497 e. The maximum atomic E-state index is 13.2. The Balaban J connectivity index is 1.47. The minimum absolute atomic E-state index is 0.0717. The van der Waals surface area contributed by atoms with Gasteiger partial charge in [0.2, 0.25) is 5.91 Å². The van der Waals surface area contributed by atoms with Crippen LogP contribution in [0.25, 0.3) is 0 Å². The van der Waals surface area contributed by atoms with Crippen molar-refractivity contribution in [1.82, 2.24) is 9.31 Å². The van der Waals surface area contributed by atoms with Crippen LogP contribution in [0.2, 0.25) is 0 Å². The molecule has 43 heavy (non-hydrogen) atoms. The van der Waals surface area contributed by atoms with E-state index in [9.17, 15) is 32.7 Å². The van der Waals surface area contributed by atoms with Crippen molar-refractivity contribution in [1.29, 1.82) is 0 Å². The van der Waals surface area contributed by atoms with Crippen LogP contribution in [-0.2, 0) is 48.8 Å². The number of nitrogens with two attached hydrogens (primary N) is 1. The van der Waals surface area contributed by atoms with E-state index in [2.05, 4.69) is 0 Å². The summed E-state index contributed by atoms with van der Waals surface area (Å²) in [7, 11) is -2.66. The third-order valence-corrected chi connectivity index (χ3v) is 8.99. The lowest BCUT2D eigenvalue weighted by Gasteiger charge is -2.27. The first-order valence-electron chi connectivity index (χ1n) is 13.3. The predicted molar refractivity (Wildman–Crippen MR) is 157 cm³/mol. The van der Waals surface area contributed by atoms with Crippen molar-refractivity contribution in [2.24, 2.45) is 11.8 Å². The lowest BCUT2D eigenvalue weighted by molar-refractivity contribution is -0.154. The molecule has 1 fully saturated rings. The van der Waals surface area contributed by atoms with E-state index in [-0.39, 0.29) is 25.1 Å². The molecule has 0 spiro atoms. The van der Waals surface area contributed by atoms with Crippen LogP contribution in [-0.4, -0.2) is 66.1 Å².